The minimum Gasteiger partial charge on any atom is -0.323 e. The number of hydrogen-bond donors (Lipinski definition) is 2. The summed E-state index contributed by atoms with van der Waals surface area (Å²) in [5.74, 6) is -0.444. The molecule has 1 aliphatic rings. The molecular formula is C14H21FN3O+. The normalized spacial score (nSPS) is 27.0. The number of nitrogens with one attached hydrogen (secondary N) is 1. The van der Waals surface area contributed by atoms with E-state index in [2.05, 4.69) is 5.32 Å². The van der Waals surface area contributed by atoms with Crippen LogP contribution in [0.3, 0.4) is 0 Å². The fourth-order valence-corrected chi connectivity index (χ4v) is 2.74. The van der Waals surface area contributed by atoms with Crippen molar-refractivity contribution in [3.8, 4) is 0 Å². The summed E-state index contributed by atoms with van der Waals surface area (Å²) in [6, 6.07) is 6.11. The van der Waals surface area contributed by atoms with E-state index in [1.54, 1.807) is 12.1 Å². The second-order valence-electron chi connectivity index (χ2n) is 5.64. The molecule has 0 aromatic heterocycles. The molecule has 0 aliphatic carbocycles. The van der Waals surface area contributed by atoms with Gasteiger partial charge in [0.25, 0.3) is 5.91 Å². The van der Waals surface area contributed by atoms with Gasteiger partial charge in [-0.2, -0.15) is 0 Å². The summed E-state index contributed by atoms with van der Waals surface area (Å²) in [7, 11) is 2.05. The van der Waals surface area contributed by atoms with Crippen molar-refractivity contribution in [2.24, 2.45) is 5.73 Å². The van der Waals surface area contributed by atoms with Crippen molar-refractivity contribution in [2.75, 3.05) is 32.0 Å². The Labute approximate surface area is 113 Å². The van der Waals surface area contributed by atoms with E-state index in [9.17, 15) is 9.18 Å². The maximum Gasteiger partial charge on any atom is 0.279 e. The van der Waals surface area contributed by atoms with Crippen LogP contribution in [-0.4, -0.2) is 43.1 Å². The van der Waals surface area contributed by atoms with Gasteiger partial charge in [-0.25, -0.2) is 4.39 Å². The minimum atomic E-state index is -0.349. The van der Waals surface area contributed by atoms with Crippen LogP contribution in [0.5, 0.6) is 0 Å². The third-order valence-corrected chi connectivity index (χ3v) is 3.58. The van der Waals surface area contributed by atoms with Gasteiger partial charge >= 0.3 is 0 Å². The van der Waals surface area contributed by atoms with Crippen molar-refractivity contribution in [3.05, 3.63) is 30.1 Å². The van der Waals surface area contributed by atoms with Crippen LogP contribution in [0.4, 0.5) is 10.1 Å². The topological polar surface area (TPSA) is 55.1 Å². The molecule has 1 aliphatic heterocycles. The minimum absolute atomic E-state index is 0.0952. The van der Waals surface area contributed by atoms with Crippen LogP contribution in [0.25, 0.3) is 0 Å². The summed E-state index contributed by atoms with van der Waals surface area (Å²) in [5, 5.41) is 2.73. The monoisotopic (exact) mass is 266 g/mol. The molecule has 3 N–H and O–H groups in total. The predicted octanol–water partition coefficient (Wildman–Crippen LogP) is 1.33. The molecule has 1 amide bonds. The van der Waals surface area contributed by atoms with E-state index < -0.39 is 0 Å². The summed E-state index contributed by atoms with van der Waals surface area (Å²) in [4.78, 5) is 12.0. The van der Waals surface area contributed by atoms with Gasteiger partial charge in [0.2, 0.25) is 0 Å². The Morgan fingerprint density at radius 1 is 1.58 bits per heavy atom. The summed E-state index contributed by atoms with van der Waals surface area (Å²) < 4.78 is 13.7. The number of nitrogens with zero attached hydrogens (tertiary/aromatic N) is 1. The standard InChI is InChI=1S/C14H20FN3O/c1-18(7-3-5-12(16)9-18)10-14(19)17-13-6-2-4-11(15)8-13/h2,4,6,8,12H,3,5,7,9-10,16H2,1H3/p+1. The second kappa shape index (κ2) is 5.67. The first-order valence-corrected chi connectivity index (χ1v) is 6.61. The summed E-state index contributed by atoms with van der Waals surface area (Å²) in [6.07, 6.45) is 2.07. The van der Waals surface area contributed by atoms with Gasteiger partial charge in [-0.3, -0.25) is 4.79 Å². The highest BCUT2D eigenvalue weighted by Gasteiger charge is 2.31. The number of likely N-dealkylation sites (N-methyl/N-ethyl adjacent to an activating group) is 1. The number of hydrogen-bond acceptors (Lipinski definition) is 2. The number of piperidine rings is 1. The molecule has 1 saturated heterocycles. The van der Waals surface area contributed by atoms with E-state index in [0.29, 0.717) is 16.7 Å². The first-order chi connectivity index (χ1) is 8.97. The van der Waals surface area contributed by atoms with E-state index in [1.165, 1.54) is 12.1 Å². The number of amides is 1. The van der Waals surface area contributed by atoms with Crippen molar-refractivity contribution < 1.29 is 13.7 Å². The third-order valence-electron chi connectivity index (χ3n) is 3.58. The van der Waals surface area contributed by atoms with Crippen molar-refractivity contribution in [1.82, 2.24) is 0 Å². The van der Waals surface area contributed by atoms with Gasteiger partial charge in [-0.05, 0) is 31.0 Å². The maximum absolute atomic E-state index is 13.0. The number of nitrogens with two attached hydrogens (primary N) is 1. The molecule has 104 valence electrons. The number of rotatable bonds is 3. The maximum atomic E-state index is 13.0. The van der Waals surface area contributed by atoms with Gasteiger partial charge in [0.15, 0.2) is 6.54 Å². The Hall–Kier alpha value is -1.46. The molecular weight excluding hydrogens is 245 g/mol. The Balaban J connectivity index is 1.94. The predicted molar refractivity (Wildman–Crippen MR) is 73.0 cm³/mol. The molecule has 2 rings (SSSR count). The molecule has 2 atom stereocenters. The Morgan fingerprint density at radius 2 is 2.37 bits per heavy atom. The lowest BCUT2D eigenvalue weighted by atomic mass is 10.0. The van der Waals surface area contributed by atoms with Crippen LogP contribution in [0.2, 0.25) is 0 Å². The summed E-state index contributed by atoms with van der Waals surface area (Å²) in [5.41, 5.74) is 6.46. The van der Waals surface area contributed by atoms with Crippen LogP contribution in [-0.2, 0) is 4.79 Å². The van der Waals surface area contributed by atoms with Crippen LogP contribution >= 0.6 is 0 Å². The molecule has 0 spiro atoms. The highest BCUT2D eigenvalue weighted by Crippen LogP contribution is 2.16. The first-order valence-electron chi connectivity index (χ1n) is 6.61. The van der Waals surface area contributed by atoms with E-state index in [0.717, 1.165) is 25.9 Å². The molecule has 0 bridgehead atoms. The third kappa shape index (κ3) is 4.01. The lowest BCUT2D eigenvalue weighted by molar-refractivity contribution is -0.907. The van der Waals surface area contributed by atoms with E-state index in [4.69, 9.17) is 5.73 Å². The molecule has 0 radical (unpaired) electrons. The molecule has 1 fully saturated rings. The van der Waals surface area contributed by atoms with E-state index in [1.807, 2.05) is 7.05 Å². The smallest absolute Gasteiger partial charge is 0.279 e. The molecule has 0 saturated carbocycles. The largest absolute Gasteiger partial charge is 0.323 e. The van der Waals surface area contributed by atoms with Crippen molar-refractivity contribution in [2.45, 2.75) is 18.9 Å². The number of benzene rings is 1. The SMILES string of the molecule is C[N+]1(CC(=O)Nc2cccc(F)c2)CCCC(N)C1. The number of carbonyl (C=O) groups excluding carboxylic acids is 1. The molecule has 1 aromatic rings. The van der Waals surface area contributed by atoms with Crippen LogP contribution in [0.15, 0.2) is 24.3 Å². The van der Waals surface area contributed by atoms with Gasteiger partial charge in [0, 0.05) is 5.69 Å². The number of anilines is 1. The highest BCUT2D eigenvalue weighted by atomic mass is 19.1. The Morgan fingerprint density at radius 3 is 3.05 bits per heavy atom. The fraction of sp³-hybridized carbons (Fsp3) is 0.500. The lowest BCUT2D eigenvalue weighted by Gasteiger charge is -2.39. The highest BCUT2D eigenvalue weighted by molar-refractivity contribution is 5.91. The van der Waals surface area contributed by atoms with Gasteiger partial charge < -0.3 is 15.5 Å². The number of likely N-dealkylation sites (tertiary alicyclic amines) is 1. The first kappa shape index (κ1) is 14.0. The van der Waals surface area contributed by atoms with E-state index in [-0.39, 0.29) is 17.8 Å². The molecule has 1 heterocycles. The number of halogens is 1. The molecule has 19 heavy (non-hydrogen) atoms. The number of carbonyl (C=O) groups is 1. The zero-order valence-electron chi connectivity index (χ0n) is 11.2. The van der Waals surface area contributed by atoms with Gasteiger partial charge in [-0.1, -0.05) is 6.07 Å². The number of quaternary nitrogens is 1. The quantitative estimate of drug-likeness (QED) is 0.811. The van der Waals surface area contributed by atoms with Crippen molar-refractivity contribution >= 4 is 11.6 Å². The second-order valence-corrected chi connectivity index (χ2v) is 5.64. The lowest BCUT2D eigenvalue weighted by Crippen LogP contribution is -2.57. The Bertz CT molecular complexity index is 466. The molecule has 4 nitrogen and oxygen atoms in total. The summed E-state index contributed by atoms with van der Waals surface area (Å²) >= 11 is 0. The van der Waals surface area contributed by atoms with Crippen LogP contribution in [0, 0.1) is 5.82 Å². The van der Waals surface area contributed by atoms with Gasteiger partial charge in [0.1, 0.15) is 5.82 Å². The van der Waals surface area contributed by atoms with Crippen LogP contribution in [0.1, 0.15) is 12.8 Å². The van der Waals surface area contributed by atoms with Gasteiger partial charge in [-0.15, -0.1) is 0 Å². The van der Waals surface area contributed by atoms with Crippen LogP contribution < -0.4 is 11.1 Å². The van der Waals surface area contributed by atoms with Crippen molar-refractivity contribution in [3.63, 3.8) is 0 Å². The average molecular weight is 266 g/mol. The van der Waals surface area contributed by atoms with E-state index >= 15 is 0 Å². The Kier molecular flexibility index (Phi) is 4.17. The zero-order valence-corrected chi connectivity index (χ0v) is 11.2. The molecule has 2 unspecified atom stereocenters. The zero-order chi connectivity index (χ0) is 13.9. The fourth-order valence-electron chi connectivity index (χ4n) is 2.74. The molecule has 5 heteroatoms. The van der Waals surface area contributed by atoms with Crippen molar-refractivity contribution in [1.29, 1.82) is 0 Å². The average Bonchev–Trinajstić information content (AvgIpc) is 2.27. The van der Waals surface area contributed by atoms with Gasteiger partial charge in [0.05, 0.1) is 26.2 Å². The molecule has 1 aromatic carbocycles. The summed E-state index contributed by atoms with van der Waals surface area (Å²) in [6.45, 7) is 2.16.